The van der Waals surface area contributed by atoms with Crippen LogP contribution in [-0.2, 0) is 7.05 Å². The van der Waals surface area contributed by atoms with Crippen molar-refractivity contribution in [1.82, 2.24) is 9.78 Å². The van der Waals surface area contributed by atoms with Crippen LogP contribution in [-0.4, -0.2) is 9.78 Å². The number of rotatable bonds is 2. The summed E-state index contributed by atoms with van der Waals surface area (Å²) >= 11 is 6.28. The van der Waals surface area contributed by atoms with E-state index >= 15 is 0 Å². The molecule has 1 aromatic carbocycles. The Balaban J connectivity index is 2.28. The summed E-state index contributed by atoms with van der Waals surface area (Å²) in [6.07, 6.45) is 0. The predicted molar refractivity (Wildman–Crippen MR) is 80.5 cm³/mol. The highest BCUT2D eigenvalue weighted by Crippen LogP contribution is 2.39. The minimum absolute atomic E-state index is 0.558. The molecule has 0 aliphatic rings. The summed E-state index contributed by atoms with van der Waals surface area (Å²) in [6.45, 7) is 1.89. The number of nitrogens with zero attached hydrogens (tertiary/aromatic N) is 2. The zero-order valence-corrected chi connectivity index (χ0v) is 12.0. The third-order valence-corrected chi connectivity index (χ3v) is 3.54. The van der Waals surface area contributed by atoms with Gasteiger partial charge in [-0.3, -0.25) is 4.68 Å². The van der Waals surface area contributed by atoms with E-state index < -0.39 is 0 Å². The van der Waals surface area contributed by atoms with Crippen LogP contribution in [0.25, 0.3) is 22.6 Å². The van der Waals surface area contributed by atoms with Crippen molar-refractivity contribution in [2.24, 2.45) is 7.05 Å². The van der Waals surface area contributed by atoms with Crippen LogP contribution < -0.4 is 5.73 Å². The molecule has 0 aliphatic carbocycles. The number of aryl methyl sites for hydroxylation is 2. The highest BCUT2D eigenvalue weighted by atomic mass is 35.5. The fraction of sp³-hybridized carbons (Fsp3) is 0.133. The van der Waals surface area contributed by atoms with Gasteiger partial charge in [-0.15, -0.1) is 0 Å². The predicted octanol–water partition coefficient (Wildman–Crippen LogP) is 3.89. The average Bonchev–Trinajstić information content (AvgIpc) is 2.96. The lowest BCUT2D eigenvalue weighted by Crippen LogP contribution is -1.98. The van der Waals surface area contributed by atoms with Gasteiger partial charge in [-0.1, -0.05) is 29.8 Å². The van der Waals surface area contributed by atoms with E-state index in [1.54, 1.807) is 11.7 Å². The first-order valence-electron chi connectivity index (χ1n) is 6.22. The van der Waals surface area contributed by atoms with Gasteiger partial charge in [0.2, 0.25) is 0 Å². The molecule has 0 atom stereocenters. The van der Waals surface area contributed by atoms with E-state index in [9.17, 15) is 0 Å². The molecule has 2 aromatic heterocycles. The van der Waals surface area contributed by atoms with E-state index in [2.05, 4.69) is 5.10 Å². The van der Waals surface area contributed by atoms with Gasteiger partial charge in [0.05, 0.1) is 5.56 Å². The topological polar surface area (TPSA) is 57.0 Å². The fourth-order valence-corrected chi connectivity index (χ4v) is 2.43. The van der Waals surface area contributed by atoms with Gasteiger partial charge in [0.25, 0.3) is 0 Å². The SMILES string of the molecule is Cc1ccc(-c2nn(C)c(N)c2-c2ccccc2Cl)o1. The van der Waals surface area contributed by atoms with Gasteiger partial charge in [0.15, 0.2) is 5.76 Å². The summed E-state index contributed by atoms with van der Waals surface area (Å²) < 4.78 is 7.30. The van der Waals surface area contributed by atoms with Crippen molar-refractivity contribution in [2.45, 2.75) is 6.92 Å². The lowest BCUT2D eigenvalue weighted by atomic mass is 10.0. The van der Waals surface area contributed by atoms with Crippen molar-refractivity contribution in [3.05, 3.63) is 47.2 Å². The number of aromatic nitrogens is 2. The second-order valence-electron chi connectivity index (χ2n) is 4.62. The second-order valence-corrected chi connectivity index (χ2v) is 5.03. The molecule has 5 heteroatoms. The maximum Gasteiger partial charge on any atom is 0.155 e. The van der Waals surface area contributed by atoms with Crippen LogP contribution in [0.15, 0.2) is 40.8 Å². The fourth-order valence-electron chi connectivity index (χ4n) is 2.20. The molecule has 2 heterocycles. The van der Waals surface area contributed by atoms with Gasteiger partial charge >= 0.3 is 0 Å². The standard InChI is InChI=1S/C15H14ClN3O/c1-9-7-8-12(20-9)14-13(15(17)19(2)18-14)10-5-3-4-6-11(10)16/h3-8H,17H2,1-2H3. The summed E-state index contributed by atoms with van der Waals surface area (Å²) in [6, 6.07) is 11.4. The van der Waals surface area contributed by atoms with Crippen molar-refractivity contribution in [2.75, 3.05) is 5.73 Å². The molecule has 4 nitrogen and oxygen atoms in total. The van der Waals surface area contributed by atoms with Crippen LogP contribution in [0, 0.1) is 6.92 Å². The van der Waals surface area contributed by atoms with Gasteiger partial charge in [-0.25, -0.2) is 0 Å². The normalized spacial score (nSPS) is 10.9. The van der Waals surface area contributed by atoms with Crippen LogP contribution in [0.4, 0.5) is 5.82 Å². The van der Waals surface area contributed by atoms with Gasteiger partial charge in [0, 0.05) is 17.6 Å². The van der Waals surface area contributed by atoms with Crippen LogP contribution in [0.1, 0.15) is 5.76 Å². The monoisotopic (exact) mass is 287 g/mol. The van der Waals surface area contributed by atoms with E-state index in [1.807, 2.05) is 43.3 Å². The molecule has 2 N–H and O–H groups in total. The van der Waals surface area contributed by atoms with E-state index in [1.165, 1.54) is 0 Å². The molecule has 0 spiro atoms. The number of nitrogens with two attached hydrogens (primary N) is 1. The molecule has 0 amide bonds. The number of hydrogen-bond acceptors (Lipinski definition) is 3. The van der Waals surface area contributed by atoms with Crippen LogP contribution >= 0.6 is 11.6 Å². The zero-order chi connectivity index (χ0) is 14.3. The second kappa shape index (κ2) is 4.72. The summed E-state index contributed by atoms with van der Waals surface area (Å²) in [7, 11) is 1.80. The summed E-state index contributed by atoms with van der Waals surface area (Å²) in [5.41, 5.74) is 8.50. The summed E-state index contributed by atoms with van der Waals surface area (Å²) in [4.78, 5) is 0. The molecule has 3 rings (SSSR count). The van der Waals surface area contributed by atoms with Crippen LogP contribution in [0.3, 0.4) is 0 Å². The smallest absolute Gasteiger partial charge is 0.155 e. The molecular weight excluding hydrogens is 274 g/mol. The van der Waals surface area contributed by atoms with Crippen molar-refractivity contribution < 1.29 is 4.42 Å². The highest BCUT2D eigenvalue weighted by molar-refractivity contribution is 6.33. The number of anilines is 1. The Morgan fingerprint density at radius 2 is 1.95 bits per heavy atom. The van der Waals surface area contributed by atoms with Gasteiger partial charge in [-0.05, 0) is 25.1 Å². The minimum Gasteiger partial charge on any atom is -0.460 e. The van der Waals surface area contributed by atoms with Gasteiger partial charge in [-0.2, -0.15) is 5.10 Å². The molecule has 20 heavy (non-hydrogen) atoms. The zero-order valence-electron chi connectivity index (χ0n) is 11.2. The number of halogens is 1. The van der Waals surface area contributed by atoms with E-state index in [4.69, 9.17) is 21.8 Å². The molecule has 0 fully saturated rings. The van der Waals surface area contributed by atoms with E-state index in [0.29, 0.717) is 22.3 Å². The third kappa shape index (κ3) is 1.98. The Bertz CT molecular complexity index is 773. The Kier molecular flexibility index (Phi) is 3.03. The Hall–Kier alpha value is -2.20. The molecule has 0 saturated carbocycles. The molecule has 0 saturated heterocycles. The maximum atomic E-state index is 6.28. The molecule has 102 valence electrons. The van der Waals surface area contributed by atoms with Crippen molar-refractivity contribution in [3.63, 3.8) is 0 Å². The largest absolute Gasteiger partial charge is 0.460 e. The number of benzene rings is 1. The highest BCUT2D eigenvalue weighted by Gasteiger charge is 2.21. The minimum atomic E-state index is 0.558. The Morgan fingerprint density at radius 3 is 2.60 bits per heavy atom. The number of hydrogen-bond donors (Lipinski definition) is 1. The van der Waals surface area contributed by atoms with Crippen LogP contribution in [0.5, 0.6) is 0 Å². The molecule has 3 aromatic rings. The van der Waals surface area contributed by atoms with E-state index in [-0.39, 0.29) is 0 Å². The summed E-state index contributed by atoms with van der Waals surface area (Å²) in [5, 5.41) is 5.09. The van der Waals surface area contributed by atoms with Gasteiger partial charge < -0.3 is 10.2 Å². The van der Waals surface area contributed by atoms with Crippen molar-refractivity contribution >= 4 is 17.4 Å². The maximum absolute atomic E-state index is 6.28. The first-order valence-corrected chi connectivity index (χ1v) is 6.60. The summed E-state index contributed by atoms with van der Waals surface area (Å²) in [5.74, 6) is 2.07. The van der Waals surface area contributed by atoms with Crippen LogP contribution in [0.2, 0.25) is 5.02 Å². The van der Waals surface area contributed by atoms with Crippen molar-refractivity contribution in [3.8, 4) is 22.6 Å². The average molecular weight is 288 g/mol. The molecule has 0 radical (unpaired) electrons. The number of furan rings is 1. The first-order chi connectivity index (χ1) is 9.58. The lowest BCUT2D eigenvalue weighted by molar-refractivity contribution is 0.545. The lowest BCUT2D eigenvalue weighted by Gasteiger charge is -2.05. The molecule has 0 unspecified atom stereocenters. The quantitative estimate of drug-likeness (QED) is 0.778. The Morgan fingerprint density at radius 1 is 1.20 bits per heavy atom. The Labute approximate surface area is 121 Å². The first kappa shape index (κ1) is 12.8. The molecule has 0 aliphatic heterocycles. The molecular formula is C15H14ClN3O. The van der Waals surface area contributed by atoms with E-state index in [0.717, 1.165) is 16.9 Å². The van der Waals surface area contributed by atoms with Crippen molar-refractivity contribution in [1.29, 1.82) is 0 Å². The van der Waals surface area contributed by atoms with Gasteiger partial charge in [0.1, 0.15) is 17.3 Å². The number of nitrogen functional groups attached to an aromatic ring is 1. The third-order valence-electron chi connectivity index (χ3n) is 3.21. The molecule has 0 bridgehead atoms.